The third-order valence-corrected chi connectivity index (χ3v) is 6.21. The average Bonchev–Trinajstić information content (AvgIpc) is 3.25. The Bertz CT molecular complexity index is 1050. The number of aromatic nitrogens is 3. The zero-order valence-corrected chi connectivity index (χ0v) is 16.7. The molecule has 2 aliphatic rings. The molecule has 4 rings (SSSR count). The monoisotopic (exact) mass is 416 g/mol. The van der Waals surface area contributed by atoms with Crippen LogP contribution in [-0.2, 0) is 32.1 Å². The van der Waals surface area contributed by atoms with E-state index in [1.807, 2.05) is 19.1 Å². The molecule has 29 heavy (non-hydrogen) atoms. The summed E-state index contributed by atoms with van der Waals surface area (Å²) >= 11 is 1.31. The van der Waals surface area contributed by atoms with Gasteiger partial charge in [-0.15, -0.1) is 0 Å². The molecule has 0 saturated carbocycles. The highest BCUT2D eigenvalue weighted by molar-refractivity contribution is 7.16. The van der Waals surface area contributed by atoms with Crippen LogP contribution < -0.4 is 5.56 Å². The number of esters is 1. The number of ether oxygens (including phenoxy) is 1. The van der Waals surface area contributed by atoms with Crippen molar-refractivity contribution in [2.75, 3.05) is 6.54 Å². The smallest absolute Gasteiger partial charge is 0.307 e. The fourth-order valence-electron chi connectivity index (χ4n) is 3.63. The van der Waals surface area contributed by atoms with Crippen LogP contribution in [0.15, 0.2) is 23.0 Å². The molecule has 0 unspecified atom stereocenters. The van der Waals surface area contributed by atoms with Gasteiger partial charge in [0.2, 0.25) is 16.8 Å². The van der Waals surface area contributed by atoms with Gasteiger partial charge in [-0.3, -0.25) is 24.1 Å². The first-order valence-electron chi connectivity index (χ1n) is 9.52. The van der Waals surface area contributed by atoms with Crippen LogP contribution in [0.2, 0.25) is 0 Å². The maximum absolute atomic E-state index is 12.4. The van der Waals surface area contributed by atoms with Gasteiger partial charge < -0.3 is 4.74 Å². The van der Waals surface area contributed by atoms with Crippen molar-refractivity contribution < 1.29 is 19.1 Å². The van der Waals surface area contributed by atoms with Gasteiger partial charge in [0.15, 0.2) is 0 Å². The number of carbonyl (C=O) groups is 3. The average molecular weight is 416 g/mol. The highest BCUT2D eigenvalue weighted by Crippen LogP contribution is 2.35. The Morgan fingerprint density at radius 2 is 1.90 bits per heavy atom. The van der Waals surface area contributed by atoms with Gasteiger partial charge in [-0.1, -0.05) is 30.4 Å². The number of imide groups is 1. The van der Waals surface area contributed by atoms with E-state index < -0.39 is 5.97 Å². The SMILES string of the molecule is CCc1nn2c(=O)cc(COC(=O)CCN3C(=O)[C@H]4CC=CC[C@H]4C3=O)nc2s1. The van der Waals surface area contributed by atoms with Crippen molar-refractivity contribution in [1.82, 2.24) is 19.5 Å². The largest absolute Gasteiger partial charge is 0.459 e. The molecule has 0 bridgehead atoms. The van der Waals surface area contributed by atoms with Gasteiger partial charge in [0, 0.05) is 12.6 Å². The molecule has 2 atom stereocenters. The Morgan fingerprint density at radius 3 is 2.55 bits per heavy atom. The van der Waals surface area contributed by atoms with Gasteiger partial charge in [-0.05, 0) is 19.3 Å². The van der Waals surface area contributed by atoms with E-state index in [1.165, 1.54) is 26.8 Å². The van der Waals surface area contributed by atoms with Gasteiger partial charge in [0.05, 0.1) is 24.0 Å². The zero-order chi connectivity index (χ0) is 20.5. The van der Waals surface area contributed by atoms with Crippen LogP contribution in [0.5, 0.6) is 0 Å². The second-order valence-corrected chi connectivity index (χ2v) is 8.06. The predicted octanol–water partition coefficient (Wildman–Crippen LogP) is 1.10. The molecule has 1 aliphatic carbocycles. The van der Waals surface area contributed by atoms with Gasteiger partial charge in [-0.2, -0.15) is 9.61 Å². The molecule has 152 valence electrons. The van der Waals surface area contributed by atoms with Crippen LogP contribution in [0.25, 0.3) is 4.96 Å². The Morgan fingerprint density at radius 1 is 1.21 bits per heavy atom. The lowest BCUT2D eigenvalue weighted by molar-refractivity contribution is -0.146. The third kappa shape index (κ3) is 3.71. The van der Waals surface area contributed by atoms with E-state index in [0.717, 1.165) is 5.01 Å². The number of nitrogens with zero attached hydrogens (tertiary/aromatic N) is 4. The second kappa shape index (κ2) is 7.86. The lowest BCUT2D eigenvalue weighted by Crippen LogP contribution is -2.33. The molecule has 1 saturated heterocycles. The summed E-state index contributed by atoms with van der Waals surface area (Å²) in [6, 6.07) is 1.28. The molecular weight excluding hydrogens is 396 g/mol. The summed E-state index contributed by atoms with van der Waals surface area (Å²) in [5.41, 5.74) is 0.00143. The Hall–Kier alpha value is -2.88. The molecule has 1 fully saturated rings. The van der Waals surface area contributed by atoms with Crippen molar-refractivity contribution >= 4 is 34.1 Å². The van der Waals surface area contributed by atoms with Crippen molar-refractivity contribution in [3.05, 3.63) is 39.3 Å². The van der Waals surface area contributed by atoms with Crippen LogP contribution in [0, 0.1) is 11.8 Å². The fourth-order valence-corrected chi connectivity index (χ4v) is 4.49. The molecule has 10 heteroatoms. The van der Waals surface area contributed by atoms with E-state index in [4.69, 9.17) is 4.74 Å². The number of carbonyl (C=O) groups excluding carboxylic acids is 3. The first kappa shape index (κ1) is 19.4. The van der Waals surface area contributed by atoms with Crippen molar-refractivity contribution in [2.24, 2.45) is 11.8 Å². The fraction of sp³-hybridized carbons (Fsp3) is 0.474. The molecule has 2 amide bonds. The van der Waals surface area contributed by atoms with E-state index >= 15 is 0 Å². The number of likely N-dealkylation sites (tertiary alicyclic amines) is 1. The summed E-state index contributed by atoms with van der Waals surface area (Å²) in [4.78, 5) is 54.9. The first-order chi connectivity index (χ1) is 14.0. The molecule has 9 nitrogen and oxygen atoms in total. The molecule has 1 aliphatic heterocycles. The van der Waals surface area contributed by atoms with Gasteiger partial charge in [0.1, 0.15) is 11.6 Å². The van der Waals surface area contributed by atoms with E-state index in [1.54, 1.807) is 0 Å². The lowest BCUT2D eigenvalue weighted by Gasteiger charge is -2.14. The van der Waals surface area contributed by atoms with Crippen LogP contribution in [0.4, 0.5) is 0 Å². The summed E-state index contributed by atoms with van der Waals surface area (Å²) < 4.78 is 6.42. The summed E-state index contributed by atoms with van der Waals surface area (Å²) in [6.45, 7) is 1.79. The number of aryl methyl sites for hydroxylation is 1. The molecule has 0 spiro atoms. The number of amides is 2. The van der Waals surface area contributed by atoms with E-state index in [9.17, 15) is 19.2 Å². The predicted molar refractivity (Wildman–Crippen MR) is 103 cm³/mol. The quantitative estimate of drug-likeness (QED) is 0.394. The molecule has 0 N–H and O–H groups in total. The van der Waals surface area contributed by atoms with Crippen molar-refractivity contribution in [1.29, 1.82) is 0 Å². The topological polar surface area (TPSA) is 111 Å². The Kier molecular flexibility index (Phi) is 5.27. The summed E-state index contributed by atoms with van der Waals surface area (Å²) in [5, 5.41) is 4.96. The zero-order valence-electron chi connectivity index (χ0n) is 15.9. The van der Waals surface area contributed by atoms with Gasteiger partial charge in [0.25, 0.3) is 5.56 Å². The number of fused-ring (bicyclic) bond motifs is 2. The summed E-state index contributed by atoms with van der Waals surface area (Å²) in [6.07, 6.45) is 5.58. The minimum absolute atomic E-state index is 0.00727. The minimum Gasteiger partial charge on any atom is -0.459 e. The van der Waals surface area contributed by atoms with Crippen LogP contribution >= 0.6 is 11.3 Å². The lowest BCUT2D eigenvalue weighted by atomic mass is 9.85. The van der Waals surface area contributed by atoms with Crippen LogP contribution in [-0.4, -0.2) is 43.8 Å². The van der Waals surface area contributed by atoms with Crippen LogP contribution in [0.3, 0.4) is 0 Å². The number of hydrogen-bond donors (Lipinski definition) is 0. The molecule has 2 aromatic heterocycles. The third-order valence-electron chi connectivity index (χ3n) is 5.16. The molecular formula is C19H20N4O5S. The number of hydrogen-bond acceptors (Lipinski definition) is 8. The molecule has 3 heterocycles. The normalized spacial score (nSPS) is 21.1. The van der Waals surface area contributed by atoms with E-state index in [2.05, 4.69) is 10.1 Å². The number of rotatable bonds is 6. The van der Waals surface area contributed by atoms with Gasteiger partial charge >= 0.3 is 5.97 Å². The maximum atomic E-state index is 12.4. The van der Waals surface area contributed by atoms with Crippen molar-refractivity contribution in [2.45, 2.75) is 39.2 Å². The highest BCUT2D eigenvalue weighted by Gasteiger charge is 2.46. The van der Waals surface area contributed by atoms with Crippen LogP contribution in [0.1, 0.15) is 36.9 Å². The maximum Gasteiger partial charge on any atom is 0.307 e. The van der Waals surface area contributed by atoms with Gasteiger partial charge in [-0.25, -0.2) is 4.98 Å². The Balaban J connectivity index is 1.34. The van der Waals surface area contributed by atoms with E-state index in [-0.39, 0.29) is 48.8 Å². The molecule has 2 aromatic rings. The Labute approximate surface area is 170 Å². The van der Waals surface area contributed by atoms with Crippen molar-refractivity contribution in [3.8, 4) is 0 Å². The highest BCUT2D eigenvalue weighted by atomic mass is 32.1. The minimum atomic E-state index is -0.556. The molecule has 0 aromatic carbocycles. The van der Waals surface area contributed by atoms with Crippen molar-refractivity contribution in [3.63, 3.8) is 0 Å². The summed E-state index contributed by atoms with van der Waals surface area (Å²) in [7, 11) is 0. The molecule has 0 radical (unpaired) electrons. The standard InChI is InChI=1S/C19H20N4O5S/c1-2-14-21-23-15(24)9-11(20-19(23)29-14)10-28-16(25)7-8-22-17(26)12-5-3-4-6-13(12)18(22)27/h3-4,9,12-13H,2,5-8,10H2,1H3/t12-,13+. The first-order valence-corrected chi connectivity index (χ1v) is 10.3. The summed E-state index contributed by atoms with van der Waals surface area (Å²) in [5.74, 6) is -1.60. The van der Waals surface area contributed by atoms with E-state index in [0.29, 0.717) is 29.9 Å². The second-order valence-electron chi connectivity index (χ2n) is 7.02. The number of allylic oxidation sites excluding steroid dienone is 2.